The van der Waals surface area contributed by atoms with Crippen molar-refractivity contribution >= 4 is 17.8 Å². The second-order valence-corrected chi connectivity index (χ2v) is 6.57. The molecule has 0 radical (unpaired) electrons. The molecule has 0 atom stereocenters. The van der Waals surface area contributed by atoms with Crippen molar-refractivity contribution in [2.75, 3.05) is 20.1 Å². The van der Waals surface area contributed by atoms with Crippen LogP contribution in [0.25, 0.3) is 0 Å². The molecule has 6 heteroatoms. The number of carbonyl (C=O) groups is 3. The van der Waals surface area contributed by atoms with E-state index in [1.807, 2.05) is 7.05 Å². The Hall–Kier alpha value is -1.43. The van der Waals surface area contributed by atoms with Crippen molar-refractivity contribution in [2.45, 2.75) is 51.0 Å². The monoisotopic (exact) mass is 293 g/mol. The third-order valence-corrected chi connectivity index (χ3v) is 5.11. The summed E-state index contributed by atoms with van der Waals surface area (Å²) in [6.45, 7) is 1.04. The summed E-state index contributed by atoms with van der Waals surface area (Å²) in [5, 5.41) is 2.40. The number of likely N-dealkylation sites (N-methyl/N-ethyl adjacent to an activating group) is 1. The number of urea groups is 1. The van der Waals surface area contributed by atoms with E-state index in [2.05, 4.69) is 10.2 Å². The van der Waals surface area contributed by atoms with E-state index < -0.39 is 11.4 Å². The molecule has 116 valence electrons. The van der Waals surface area contributed by atoms with E-state index in [0.717, 1.165) is 19.3 Å². The van der Waals surface area contributed by atoms with Crippen molar-refractivity contribution in [3.05, 3.63) is 0 Å². The van der Waals surface area contributed by atoms with Gasteiger partial charge in [-0.05, 0) is 32.7 Å². The summed E-state index contributed by atoms with van der Waals surface area (Å²) >= 11 is 0. The summed E-state index contributed by atoms with van der Waals surface area (Å²) in [5.74, 6) is -0.663. The third kappa shape index (κ3) is 2.57. The molecule has 3 rings (SSSR count). The van der Waals surface area contributed by atoms with Gasteiger partial charge in [0.1, 0.15) is 5.41 Å². The molecule has 4 amide bonds. The molecule has 0 bridgehead atoms. The van der Waals surface area contributed by atoms with Gasteiger partial charge in [-0.3, -0.25) is 19.8 Å². The molecule has 1 aliphatic heterocycles. The number of hydrogen-bond donors (Lipinski definition) is 1. The molecule has 2 aliphatic carbocycles. The molecular formula is C15H23N3O3. The van der Waals surface area contributed by atoms with E-state index in [1.165, 1.54) is 17.7 Å². The van der Waals surface area contributed by atoms with Gasteiger partial charge in [-0.25, -0.2) is 4.79 Å². The molecule has 3 aliphatic rings. The number of imide groups is 2. The predicted octanol–water partition coefficient (Wildman–Crippen LogP) is 1.11. The first-order valence-electron chi connectivity index (χ1n) is 7.92. The summed E-state index contributed by atoms with van der Waals surface area (Å²) in [4.78, 5) is 40.4. The van der Waals surface area contributed by atoms with Crippen LogP contribution in [0, 0.1) is 5.41 Å². The van der Waals surface area contributed by atoms with Crippen LogP contribution in [0.4, 0.5) is 4.79 Å². The van der Waals surface area contributed by atoms with Crippen molar-refractivity contribution in [3.8, 4) is 0 Å². The summed E-state index contributed by atoms with van der Waals surface area (Å²) in [6.07, 6.45) is 6.34. The normalized spacial score (nSPS) is 25.6. The standard InChI is InChI=1S/C15H23N3O3/c1-17(11-5-6-11)9-10-18-13(20)15(7-3-2-4-8-15)12(19)16-14(18)21/h11H,2-10H2,1H3,(H,16,19,21). The summed E-state index contributed by atoms with van der Waals surface area (Å²) in [6, 6.07) is 0.0450. The van der Waals surface area contributed by atoms with Crippen LogP contribution in [-0.2, 0) is 9.59 Å². The van der Waals surface area contributed by atoms with Gasteiger partial charge in [-0.1, -0.05) is 19.3 Å². The number of hydrogen-bond acceptors (Lipinski definition) is 4. The highest BCUT2D eigenvalue weighted by Gasteiger charge is 2.53. The second kappa shape index (κ2) is 5.40. The largest absolute Gasteiger partial charge is 0.330 e. The van der Waals surface area contributed by atoms with Crippen molar-refractivity contribution in [1.29, 1.82) is 0 Å². The van der Waals surface area contributed by atoms with Gasteiger partial charge in [0.15, 0.2) is 0 Å². The highest BCUT2D eigenvalue weighted by molar-refractivity contribution is 6.19. The molecule has 0 aromatic rings. The van der Waals surface area contributed by atoms with Crippen LogP contribution >= 0.6 is 0 Å². The summed E-state index contributed by atoms with van der Waals surface area (Å²) in [7, 11) is 2.02. The van der Waals surface area contributed by atoms with Crippen LogP contribution in [-0.4, -0.2) is 53.8 Å². The van der Waals surface area contributed by atoms with Crippen LogP contribution < -0.4 is 5.32 Å². The van der Waals surface area contributed by atoms with E-state index in [-0.39, 0.29) is 11.8 Å². The van der Waals surface area contributed by atoms with Crippen molar-refractivity contribution in [3.63, 3.8) is 0 Å². The zero-order valence-corrected chi connectivity index (χ0v) is 12.6. The lowest BCUT2D eigenvalue weighted by molar-refractivity contribution is -0.154. The van der Waals surface area contributed by atoms with Crippen molar-refractivity contribution < 1.29 is 14.4 Å². The number of carbonyl (C=O) groups excluding carboxylic acids is 3. The van der Waals surface area contributed by atoms with Gasteiger partial charge in [-0.15, -0.1) is 0 Å². The highest BCUT2D eigenvalue weighted by Crippen LogP contribution is 2.40. The fourth-order valence-corrected chi connectivity index (χ4v) is 3.49. The molecule has 0 aromatic heterocycles. The Morgan fingerprint density at radius 3 is 2.48 bits per heavy atom. The Labute approximate surface area is 124 Å². The van der Waals surface area contributed by atoms with Crippen molar-refractivity contribution in [1.82, 2.24) is 15.1 Å². The van der Waals surface area contributed by atoms with E-state index in [0.29, 0.717) is 32.0 Å². The van der Waals surface area contributed by atoms with Crippen LogP contribution in [0.1, 0.15) is 44.9 Å². The van der Waals surface area contributed by atoms with E-state index in [9.17, 15) is 14.4 Å². The molecule has 1 saturated heterocycles. The average Bonchev–Trinajstić information content (AvgIpc) is 3.31. The predicted molar refractivity (Wildman–Crippen MR) is 76.4 cm³/mol. The minimum atomic E-state index is -0.982. The SMILES string of the molecule is CN(CCN1C(=O)NC(=O)C2(CCCCC2)C1=O)C1CC1. The fourth-order valence-electron chi connectivity index (χ4n) is 3.49. The van der Waals surface area contributed by atoms with Crippen LogP contribution in [0.15, 0.2) is 0 Å². The van der Waals surface area contributed by atoms with E-state index in [1.54, 1.807) is 0 Å². The van der Waals surface area contributed by atoms with Gasteiger partial charge in [0.05, 0.1) is 0 Å². The number of rotatable bonds is 4. The molecule has 0 aromatic carbocycles. The Bertz CT molecular complexity index is 467. The fraction of sp³-hybridized carbons (Fsp3) is 0.800. The Kier molecular flexibility index (Phi) is 3.73. The van der Waals surface area contributed by atoms with Gasteiger partial charge >= 0.3 is 6.03 Å². The Balaban J connectivity index is 1.71. The molecule has 1 N–H and O–H groups in total. The van der Waals surface area contributed by atoms with Crippen LogP contribution in [0.3, 0.4) is 0 Å². The first-order chi connectivity index (χ1) is 10.0. The molecule has 21 heavy (non-hydrogen) atoms. The summed E-state index contributed by atoms with van der Waals surface area (Å²) in [5.41, 5.74) is -0.982. The van der Waals surface area contributed by atoms with Crippen molar-refractivity contribution in [2.24, 2.45) is 5.41 Å². The molecule has 0 unspecified atom stereocenters. The quantitative estimate of drug-likeness (QED) is 0.788. The number of barbiturate groups is 1. The van der Waals surface area contributed by atoms with Gasteiger partial charge in [0.2, 0.25) is 11.8 Å². The molecule has 1 spiro atoms. The molecule has 3 fully saturated rings. The lowest BCUT2D eigenvalue weighted by atomic mass is 9.71. The number of amides is 4. The number of nitrogens with zero attached hydrogens (tertiary/aromatic N) is 2. The lowest BCUT2D eigenvalue weighted by Gasteiger charge is -2.41. The zero-order valence-electron chi connectivity index (χ0n) is 12.6. The highest BCUT2D eigenvalue weighted by atomic mass is 16.2. The van der Waals surface area contributed by atoms with Crippen LogP contribution in [0.5, 0.6) is 0 Å². The first-order valence-corrected chi connectivity index (χ1v) is 7.92. The maximum absolute atomic E-state index is 12.7. The summed E-state index contributed by atoms with van der Waals surface area (Å²) < 4.78 is 0. The minimum Gasteiger partial charge on any atom is -0.302 e. The first kappa shape index (κ1) is 14.5. The maximum Gasteiger partial charge on any atom is 0.330 e. The number of nitrogens with one attached hydrogen (secondary N) is 1. The topological polar surface area (TPSA) is 69.7 Å². The van der Waals surface area contributed by atoms with Crippen LogP contribution in [0.2, 0.25) is 0 Å². The average molecular weight is 293 g/mol. The molecule has 6 nitrogen and oxygen atoms in total. The lowest BCUT2D eigenvalue weighted by Crippen LogP contribution is -2.65. The Morgan fingerprint density at radius 1 is 1.19 bits per heavy atom. The minimum absolute atomic E-state index is 0.278. The second-order valence-electron chi connectivity index (χ2n) is 6.57. The van der Waals surface area contributed by atoms with Gasteiger partial charge in [-0.2, -0.15) is 0 Å². The Morgan fingerprint density at radius 2 is 1.86 bits per heavy atom. The molecule has 1 heterocycles. The van der Waals surface area contributed by atoms with E-state index in [4.69, 9.17) is 0 Å². The van der Waals surface area contributed by atoms with Gasteiger partial charge in [0, 0.05) is 19.1 Å². The van der Waals surface area contributed by atoms with Gasteiger partial charge in [0.25, 0.3) is 0 Å². The van der Waals surface area contributed by atoms with Gasteiger partial charge < -0.3 is 4.90 Å². The third-order valence-electron chi connectivity index (χ3n) is 5.11. The molecular weight excluding hydrogens is 270 g/mol. The maximum atomic E-state index is 12.7. The van der Waals surface area contributed by atoms with E-state index >= 15 is 0 Å². The smallest absolute Gasteiger partial charge is 0.302 e. The molecule has 2 saturated carbocycles. The zero-order chi connectivity index (χ0) is 15.0.